The lowest BCUT2D eigenvalue weighted by Crippen LogP contribution is -2.36. The number of rotatable bonds is 9. The average molecular weight is 305 g/mol. The van der Waals surface area contributed by atoms with E-state index in [2.05, 4.69) is 0 Å². The summed E-state index contributed by atoms with van der Waals surface area (Å²) in [5, 5.41) is 5.03. The van der Waals surface area contributed by atoms with E-state index in [1.54, 1.807) is 0 Å². The molecule has 0 atom stereocenters. The minimum Gasteiger partial charge on any atom is -0.381 e. The van der Waals surface area contributed by atoms with Crippen LogP contribution in [0.2, 0.25) is 0 Å². The van der Waals surface area contributed by atoms with Gasteiger partial charge in [-0.05, 0) is 19.3 Å². The first-order chi connectivity index (χ1) is 8.54. The van der Waals surface area contributed by atoms with Gasteiger partial charge in [0, 0.05) is 18.4 Å². The van der Waals surface area contributed by atoms with Crippen molar-refractivity contribution in [1.82, 2.24) is 0 Å². The Morgan fingerprint density at radius 2 is 1.68 bits per heavy atom. The summed E-state index contributed by atoms with van der Waals surface area (Å²) in [4.78, 5) is 0. The lowest BCUT2D eigenvalue weighted by Gasteiger charge is -2.30. The first-order valence-corrected chi connectivity index (χ1v) is 7.90. The van der Waals surface area contributed by atoms with E-state index in [0.717, 1.165) is 0 Å². The van der Waals surface area contributed by atoms with E-state index in [1.807, 2.05) is 13.8 Å². The smallest absolute Gasteiger partial charge is 0.381 e. The molecule has 0 spiro atoms. The third-order valence-corrected chi connectivity index (χ3v) is 4.18. The number of primary sulfonamides is 1. The molecule has 4 nitrogen and oxygen atoms in total. The van der Waals surface area contributed by atoms with Crippen LogP contribution < -0.4 is 5.14 Å². The van der Waals surface area contributed by atoms with Crippen LogP contribution in [0.4, 0.5) is 13.2 Å². The Labute approximate surface area is 112 Å². The predicted molar refractivity (Wildman–Crippen MR) is 67.1 cm³/mol. The maximum absolute atomic E-state index is 11.9. The summed E-state index contributed by atoms with van der Waals surface area (Å²) >= 11 is 0. The predicted octanol–water partition coefficient (Wildman–Crippen LogP) is 2.44. The van der Waals surface area contributed by atoms with Gasteiger partial charge in [0.25, 0.3) is 0 Å². The van der Waals surface area contributed by atoms with E-state index in [-0.39, 0.29) is 25.4 Å². The van der Waals surface area contributed by atoms with E-state index >= 15 is 0 Å². The quantitative estimate of drug-likeness (QED) is 0.665. The Morgan fingerprint density at radius 3 is 2.05 bits per heavy atom. The normalized spacial score (nSPS) is 13.8. The number of sulfonamides is 1. The van der Waals surface area contributed by atoms with Crippen molar-refractivity contribution >= 4 is 10.0 Å². The Bertz CT molecular complexity index is 351. The van der Waals surface area contributed by atoms with Crippen molar-refractivity contribution < 1.29 is 26.3 Å². The number of halogens is 3. The maximum atomic E-state index is 11.9. The Morgan fingerprint density at radius 1 is 1.16 bits per heavy atom. The molecular weight excluding hydrogens is 283 g/mol. The summed E-state index contributed by atoms with van der Waals surface area (Å²) in [5.41, 5.74) is -0.619. The van der Waals surface area contributed by atoms with Crippen LogP contribution >= 0.6 is 0 Å². The minimum atomic E-state index is -4.18. The van der Waals surface area contributed by atoms with Crippen molar-refractivity contribution in [1.29, 1.82) is 0 Å². The molecular formula is C11H22F3NO3S. The summed E-state index contributed by atoms with van der Waals surface area (Å²) in [6, 6.07) is 0. The molecule has 0 aromatic carbocycles. The molecule has 0 aromatic heterocycles. The number of ether oxygens (including phenoxy) is 1. The zero-order valence-corrected chi connectivity index (χ0v) is 12.1. The zero-order valence-electron chi connectivity index (χ0n) is 11.3. The zero-order chi connectivity index (χ0) is 15.2. The fourth-order valence-electron chi connectivity index (χ4n) is 1.79. The third kappa shape index (κ3) is 9.23. The standard InChI is InChI=1S/C11H22F3NO3S/c1-3-10(4-2,9-19(15,16)17)8-18-7-5-6-11(12,13)14/h3-9H2,1-2H3,(H2,15,16,17). The fourth-order valence-corrected chi connectivity index (χ4v) is 3.14. The van der Waals surface area contributed by atoms with Crippen molar-refractivity contribution in [3.05, 3.63) is 0 Å². The average Bonchev–Trinajstić information content (AvgIpc) is 2.24. The molecule has 0 saturated carbocycles. The van der Waals surface area contributed by atoms with Crippen molar-refractivity contribution in [2.24, 2.45) is 10.6 Å². The lowest BCUT2D eigenvalue weighted by atomic mass is 9.85. The van der Waals surface area contributed by atoms with Gasteiger partial charge in [-0.1, -0.05) is 13.8 Å². The van der Waals surface area contributed by atoms with Gasteiger partial charge in [0.1, 0.15) is 0 Å². The molecule has 0 aliphatic rings. The summed E-state index contributed by atoms with van der Waals surface area (Å²) < 4.78 is 63.3. The van der Waals surface area contributed by atoms with Gasteiger partial charge >= 0.3 is 6.18 Å². The second kappa shape index (κ2) is 7.44. The largest absolute Gasteiger partial charge is 0.389 e. The number of alkyl halides is 3. The van der Waals surface area contributed by atoms with Gasteiger partial charge in [-0.15, -0.1) is 0 Å². The molecule has 0 rings (SSSR count). The van der Waals surface area contributed by atoms with Gasteiger partial charge in [-0.2, -0.15) is 13.2 Å². The number of nitrogens with two attached hydrogens (primary N) is 1. The maximum Gasteiger partial charge on any atom is 0.389 e. The van der Waals surface area contributed by atoms with Crippen LogP contribution in [0.25, 0.3) is 0 Å². The number of hydrogen-bond donors (Lipinski definition) is 1. The second-order valence-corrected chi connectivity index (χ2v) is 6.40. The summed E-state index contributed by atoms with van der Waals surface area (Å²) in [6.07, 6.45) is -4.12. The summed E-state index contributed by atoms with van der Waals surface area (Å²) in [5.74, 6) is -0.216. The Kier molecular flexibility index (Phi) is 7.31. The molecule has 0 amide bonds. The van der Waals surface area contributed by atoms with Gasteiger partial charge in [0.15, 0.2) is 0 Å². The van der Waals surface area contributed by atoms with Crippen LogP contribution in [0.1, 0.15) is 39.5 Å². The summed E-state index contributed by atoms with van der Waals surface area (Å²) in [7, 11) is -3.63. The van der Waals surface area contributed by atoms with Crippen LogP contribution in [0, 0.1) is 5.41 Å². The van der Waals surface area contributed by atoms with Crippen molar-refractivity contribution in [3.63, 3.8) is 0 Å². The molecule has 0 radical (unpaired) electrons. The Balaban J connectivity index is 4.23. The first kappa shape index (κ1) is 18.7. The van der Waals surface area contributed by atoms with Crippen molar-refractivity contribution in [2.75, 3.05) is 19.0 Å². The molecule has 0 saturated heterocycles. The second-order valence-electron chi connectivity index (χ2n) is 4.79. The van der Waals surface area contributed by atoms with Crippen molar-refractivity contribution in [2.45, 2.75) is 45.7 Å². The topological polar surface area (TPSA) is 69.4 Å². The molecule has 0 aliphatic heterocycles. The lowest BCUT2D eigenvalue weighted by molar-refractivity contribution is -0.138. The highest BCUT2D eigenvalue weighted by Crippen LogP contribution is 2.28. The molecule has 2 N–H and O–H groups in total. The SMILES string of the molecule is CCC(CC)(COCCCC(F)(F)F)CS(N)(=O)=O. The van der Waals surface area contributed by atoms with Crippen LogP contribution in [-0.4, -0.2) is 33.6 Å². The van der Waals surface area contributed by atoms with Crippen LogP contribution in [0.5, 0.6) is 0 Å². The molecule has 8 heteroatoms. The van der Waals surface area contributed by atoms with E-state index in [1.165, 1.54) is 0 Å². The highest BCUT2D eigenvalue weighted by Gasteiger charge is 2.31. The van der Waals surface area contributed by atoms with E-state index < -0.39 is 28.0 Å². The van der Waals surface area contributed by atoms with Gasteiger partial charge in [-0.3, -0.25) is 0 Å². The molecule has 0 aliphatic carbocycles. The Hall–Kier alpha value is -0.340. The summed E-state index contributed by atoms with van der Waals surface area (Å²) in [6.45, 7) is 3.70. The van der Waals surface area contributed by atoms with Crippen molar-refractivity contribution in [3.8, 4) is 0 Å². The molecule has 0 bridgehead atoms. The number of hydrogen-bond acceptors (Lipinski definition) is 3. The first-order valence-electron chi connectivity index (χ1n) is 6.18. The van der Waals surface area contributed by atoms with Gasteiger partial charge in [0.2, 0.25) is 10.0 Å². The molecule has 0 fully saturated rings. The van der Waals surface area contributed by atoms with E-state index in [4.69, 9.17) is 9.88 Å². The molecule has 19 heavy (non-hydrogen) atoms. The monoisotopic (exact) mass is 305 g/mol. The molecule has 0 unspecified atom stereocenters. The minimum absolute atomic E-state index is 0.0358. The van der Waals surface area contributed by atoms with Gasteiger partial charge < -0.3 is 4.74 Å². The van der Waals surface area contributed by atoms with Crippen LogP contribution in [0.3, 0.4) is 0 Å². The molecule has 116 valence electrons. The third-order valence-electron chi connectivity index (χ3n) is 3.16. The van der Waals surface area contributed by atoms with Crippen LogP contribution in [0.15, 0.2) is 0 Å². The van der Waals surface area contributed by atoms with Gasteiger partial charge in [-0.25, -0.2) is 13.6 Å². The van der Waals surface area contributed by atoms with Crippen LogP contribution in [-0.2, 0) is 14.8 Å². The van der Waals surface area contributed by atoms with Gasteiger partial charge in [0.05, 0.1) is 12.4 Å². The fraction of sp³-hybridized carbons (Fsp3) is 1.00. The molecule has 0 heterocycles. The van der Waals surface area contributed by atoms with E-state index in [0.29, 0.717) is 12.8 Å². The highest BCUT2D eigenvalue weighted by atomic mass is 32.2. The van der Waals surface area contributed by atoms with E-state index in [9.17, 15) is 21.6 Å². The highest BCUT2D eigenvalue weighted by molar-refractivity contribution is 7.89. The molecule has 0 aromatic rings.